The Bertz CT molecular complexity index is 685. The van der Waals surface area contributed by atoms with Crippen LogP contribution in [0.15, 0.2) is 53.0 Å². The van der Waals surface area contributed by atoms with E-state index in [2.05, 4.69) is 21.2 Å². The molecule has 1 amide bonds. The minimum atomic E-state index is -0.392. The molecule has 2 aromatic carbocycles. The van der Waals surface area contributed by atoms with E-state index in [1.165, 1.54) is 0 Å². The van der Waals surface area contributed by atoms with Gasteiger partial charge in [-0.15, -0.1) is 0 Å². The predicted molar refractivity (Wildman–Crippen MR) is 87.9 cm³/mol. The Morgan fingerprint density at radius 3 is 2.50 bits per heavy atom. The van der Waals surface area contributed by atoms with E-state index < -0.39 is 5.97 Å². The van der Waals surface area contributed by atoms with E-state index in [4.69, 9.17) is 4.74 Å². The fourth-order valence-electron chi connectivity index (χ4n) is 1.90. The number of aryl methyl sites for hydroxylation is 1. The molecule has 0 aliphatic rings. The number of carbonyl (C=O) groups excluding carboxylic acids is 2. The van der Waals surface area contributed by atoms with E-state index >= 15 is 0 Å². The van der Waals surface area contributed by atoms with Crippen LogP contribution in [0.4, 0.5) is 0 Å². The zero-order valence-corrected chi connectivity index (χ0v) is 13.7. The molecule has 0 aromatic heterocycles. The molecular weight excluding hydrogens is 346 g/mol. The first-order chi connectivity index (χ1) is 10.6. The first-order valence-electron chi connectivity index (χ1n) is 6.87. The number of nitrogens with one attached hydrogen (secondary N) is 1. The molecule has 1 N–H and O–H groups in total. The highest BCUT2D eigenvalue weighted by Crippen LogP contribution is 2.23. The number of hydrogen-bond acceptors (Lipinski definition) is 3. The molecule has 5 heteroatoms. The number of benzene rings is 2. The Morgan fingerprint density at radius 1 is 1.09 bits per heavy atom. The summed E-state index contributed by atoms with van der Waals surface area (Å²) in [6.45, 7) is 2.10. The highest BCUT2D eigenvalue weighted by molar-refractivity contribution is 9.10. The molecule has 4 nitrogen and oxygen atoms in total. The van der Waals surface area contributed by atoms with Crippen LogP contribution in [0, 0.1) is 6.92 Å². The number of carbonyl (C=O) groups is 2. The smallest absolute Gasteiger partial charge is 0.313 e. The Labute approximate surface area is 137 Å². The van der Waals surface area contributed by atoms with Crippen LogP contribution >= 0.6 is 15.9 Å². The van der Waals surface area contributed by atoms with Gasteiger partial charge in [-0.1, -0.05) is 30.3 Å². The van der Waals surface area contributed by atoms with E-state index in [9.17, 15) is 9.59 Å². The Balaban J connectivity index is 1.81. The summed E-state index contributed by atoms with van der Waals surface area (Å²) in [6, 6.07) is 14.4. The van der Waals surface area contributed by atoms with Crippen LogP contribution in [0.1, 0.15) is 22.3 Å². The van der Waals surface area contributed by atoms with Crippen molar-refractivity contribution in [3.05, 3.63) is 64.1 Å². The van der Waals surface area contributed by atoms with Gasteiger partial charge in [0.1, 0.15) is 5.75 Å². The van der Waals surface area contributed by atoms with Crippen molar-refractivity contribution >= 4 is 27.8 Å². The highest BCUT2D eigenvalue weighted by Gasteiger charge is 2.10. The second kappa shape index (κ2) is 7.75. The summed E-state index contributed by atoms with van der Waals surface area (Å²) in [4.78, 5) is 23.7. The minimum Gasteiger partial charge on any atom is -0.425 e. The summed E-state index contributed by atoms with van der Waals surface area (Å²) in [6.07, 6.45) is 0.110. The zero-order valence-electron chi connectivity index (χ0n) is 12.1. The first-order valence-corrected chi connectivity index (χ1v) is 7.66. The quantitative estimate of drug-likeness (QED) is 0.655. The first kappa shape index (κ1) is 16.2. The summed E-state index contributed by atoms with van der Waals surface area (Å²) in [5, 5.41) is 2.72. The van der Waals surface area contributed by atoms with Crippen molar-refractivity contribution in [2.75, 3.05) is 6.54 Å². The monoisotopic (exact) mass is 361 g/mol. The maximum atomic E-state index is 12.0. The number of rotatable bonds is 5. The third-order valence-electron chi connectivity index (χ3n) is 3.06. The molecule has 0 spiro atoms. The molecule has 0 aliphatic carbocycles. The molecule has 0 saturated heterocycles. The Kier molecular flexibility index (Phi) is 5.72. The molecule has 0 fully saturated rings. The normalized spacial score (nSPS) is 10.1. The molecule has 2 rings (SSSR count). The summed E-state index contributed by atoms with van der Waals surface area (Å²) in [7, 11) is 0. The fraction of sp³-hybridized carbons (Fsp3) is 0.176. The van der Waals surface area contributed by atoms with Crippen molar-refractivity contribution in [2.45, 2.75) is 13.3 Å². The SMILES string of the molecule is Cc1ccccc1C(=O)NCCC(=O)Oc1ccccc1Br. The van der Waals surface area contributed by atoms with Crippen molar-refractivity contribution in [1.82, 2.24) is 5.32 Å². The third kappa shape index (κ3) is 4.43. The van der Waals surface area contributed by atoms with Gasteiger partial charge in [0.15, 0.2) is 0 Å². The average molecular weight is 362 g/mol. The van der Waals surface area contributed by atoms with Crippen molar-refractivity contribution in [3.8, 4) is 5.75 Å². The lowest BCUT2D eigenvalue weighted by Crippen LogP contribution is -2.27. The van der Waals surface area contributed by atoms with Crippen LogP contribution < -0.4 is 10.1 Å². The lowest BCUT2D eigenvalue weighted by Gasteiger charge is -2.08. The molecule has 114 valence electrons. The van der Waals surface area contributed by atoms with Gasteiger partial charge in [0, 0.05) is 12.1 Å². The van der Waals surface area contributed by atoms with Gasteiger partial charge < -0.3 is 10.1 Å². The molecule has 22 heavy (non-hydrogen) atoms. The second-order valence-electron chi connectivity index (χ2n) is 4.73. The number of para-hydroxylation sites is 1. The maximum Gasteiger partial charge on any atom is 0.313 e. The van der Waals surface area contributed by atoms with Crippen molar-refractivity contribution in [3.63, 3.8) is 0 Å². The number of amides is 1. The van der Waals surface area contributed by atoms with Gasteiger partial charge >= 0.3 is 5.97 Å². The molecule has 0 heterocycles. The van der Waals surface area contributed by atoms with Crippen molar-refractivity contribution < 1.29 is 14.3 Å². The van der Waals surface area contributed by atoms with Gasteiger partial charge in [-0.25, -0.2) is 0 Å². The minimum absolute atomic E-state index is 0.110. The van der Waals surface area contributed by atoms with Crippen molar-refractivity contribution in [1.29, 1.82) is 0 Å². The van der Waals surface area contributed by atoms with Crippen molar-refractivity contribution in [2.24, 2.45) is 0 Å². The van der Waals surface area contributed by atoms with Gasteiger partial charge in [-0.05, 0) is 46.6 Å². The zero-order chi connectivity index (χ0) is 15.9. The molecule has 0 saturated carbocycles. The fourth-order valence-corrected chi connectivity index (χ4v) is 2.27. The van der Waals surface area contributed by atoms with Gasteiger partial charge in [-0.2, -0.15) is 0 Å². The Morgan fingerprint density at radius 2 is 1.77 bits per heavy atom. The Hall–Kier alpha value is -2.14. The van der Waals surface area contributed by atoms with Crippen LogP contribution in [0.3, 0.4) is 0 Å². The number of hydrogen-bond donors (Lipinski definition) is 1. The van der Waals surface area contributed by atoms with Crippen LogP contribution in [0.5, 0.6) is 5.75 Å². The number of esters is 1. The van der Waals surface area contributed by atoms with Gasteiger partial charge in [0.2, 0.25) is 0 Å². The largest absolute Gasteiger partial charge is 0.425 e. The van der Waals surface area contributed by atoms with E-state index in [1.807, 2.05) is 31.2 Å². The molecule has 0 aliphatic heterocycles. The number of halogens is 1. The number of ether oxygens (including phenoxy) is 1. The summed E-state index contributed by atoms with van der Waals surface area (Å²) in [5.74, 6) is -0.110. The summed E-state index contributed by atoms with van der Waals surface area (Å²) >= 11 is 3.31. The molecule has 0 unspecified atom stereocenters. The van der Waals surface area contributed by atoms with Crippen LogP contribution in [-0.2, 0) is 4.79 Å². The lowest BCUT2D eigenvalue weighted by molar-refractivity contribution is -0.134. The average Bonchev–Trinajstić information content (AvgIpc) is 2.50. The maximum absolute atomic E-state index is 12.0. The molecule has 0 radical (unpaired) electrons. The summed E-state index contributed by atoms with van der Waals surface area (Å²) < 4.78 is 5.93. The topological polar surface area (TPSA) is 55.4 Å². The second-order valence-corrected chi connectivity index (χ2v) is 5.58. The molecular formula is C17H16BrNO3. The molecule has 0 bridgehead atoms. The third-order valence-corrected chi connectivity index (χ3v) is 3.72. The van der Waals surface area contributed by atoms with E-state index in [-0.39, 0.29) is 18.9 Å². The van der Waals surface area contributed by atoms with E-state index in [0.717, 1.165) is 5.56 Å². The molecule has 2 aromatic rings. The standard InChI is InChI=1S/C17H16BrNO3/c1-12-6-2-3-7-13(12)17(21)19-11-10-16(20)22-15-9-5-4-8-14(15)18/h2-9H,10-11H2,1H3,(H,19,21). The predicted octanol–water partition coefficient (Wildman–Crippen LogP) is 3.48. The van der Waals surface area contributed by atoms with E-state index in [0.29, 0.717) is 15.8 Å². The lowest BCUT2D eigenvalue weighted by atomic mass is 10.1. The highest BCUT2D eigenvalue weighted by atomic mass is 79.9. The van der Waals surface area contributed by atoms with Gasteiger partial charge in [0.05, 0.1) is 10.9 Å². The van der Waals surface area contributed by atoms with E-state index in [1.54, 1.807) is 24.3 Å². The van der Waals surface area contributed by atoms with Gasteiger partial charge in [-0.3, -0.25) is 9.59 Å². The van der Waals surface area contributed by atoms with Crippen LogP contribution in [0.2, 0.25) is 0 Å². The van der Waals surface area contributed by atoms with Crippen LogP contribution in [0.25, 0.3) is 0 Å². The van der Waals surface area contributed by atoms with Gasteiger partial charge in [0.25, 0.3) is 5.91 Å². The summed E-state index contributed by atoms with van der Waals surface area (Å²) in [5.41, 5.74) is 1.51. The van der Waals surface area contributed by atoms with Crippen LogP contribution in [-0.4, -0.2) is 18.4 Å². The molecule has 0 atom stereocenters.